The van der Waals surface area contributed by atoms with Gasteiger partial charge < -0.3 is 40.6 Å². The number of rotatable bonds is 23. The molecule has 564 valence electrons. The van der Waals surface area contributed by atoms with Gasteiger partial charge in [0.1, 0.15) is 52.0 Å². The number of nitrogens with two attached hydrogens (primary N) is 1. The molecule has 0 aliphatic rings. The highest BCUT2D eigenvalue weighted by Crippen LogP contribution is 2.43. The van der Waals surface area contributed by atoms with E-state index in [1.54, 1.807) is 57.2 Å². The molecule has 3 amide bonds. The van der Waals surface area contributed by atoms with Gasteiger partial charge >= 0.3 is 43.5 Å². The SMILES string of the molecule is CC(C)(C)OC(=O)NCc1cc([C@@](Cc2ccccc2)(NC(=O)c2ccc(F)c(C(F)(F)F)c2)c2cc(F)cc(OC(F)(F)C(F)F)c2)ccc1F.CCOCC.Cl.Cl.NCc1cc([C@@](Cc2ccccc2)(NC(=O)c2ccc(F)c(C(F)(F)F)c2)c2cc(F)cc(OC(F)(F)C(F)F)c2)ccc1F. The summed E-state index contributed by atoms with van der Waals surface area (Å²) in [6.45, 7) is 9.46. The first kappa shape index (κ1) is 87.1. The number of carbonyl (C=O) groups excluding carboxylic acids is 3. The summed E-state index contributed by atoms with van der Waals surface area (Å²) in [6.07, 6.45) is -31.1. The van der Waals surface area contributed by atoms with Crippen LogP contribution in [0.2, 0.25) is 0 Å². The van der Waals surface area contributed by atoms with Crippen molar-refractivity contribution in [3.63, 3.8) is 0 Å². The molecule has 8 aromatic carbocycles. The minimum atomic E-state index is -5.24. The predicted octanol–water partition coefficient (Wildman–Crippen LogP) is 18.9. The van der Waals surface area contributed by atoms with Crippen molar-refractivity contribution in [2.24, 2.45) is 5.73 Å². The Hall–Kier alpha value is -9.33. The van der Waals surface area contributed by atoms with Crippen LogP contribution in [0.4, 0.5) is 92.6 Å². The zero-order chi connectivity index (χ0) is 75.9. The first-order valence-corrected chi connectivity index (χ1v) is 30.2. The smallest absolute Gasteiger partial charge is 0.444 e. The highest BCUT2D eigenvalue weighted by molar-refractivity contribution is 5.96. The number of ether oxygens (including phenoxy) is 4. The highest BCUT2D eigenvalue weighted by Gasteiger charge is 2.47. The normalized spacial score (nSPS) is 12.9. The summed E-state index contributed by atoms with van der Waals surface area (Å²) in [4.78, 5) is 39.9. The van der Waals surface area contributed by atoms with Crippen molar-refractivity contribution >= 4 is 42.7 Å². The van der Waals surface area contributed by atoms with E-state index in [0.717, 1.165) is 73.9 Å². The number of alkyl halides is 14. The van der Waals surface area contributed by atoms with E-state index < -0.39 is 165 Å². The van der Waals surface area contributed by atoms with Crippen molar-refractivity contribution in [3.8, 4) is 11.5 Å². The lowest BCUT2D eigenvalue weighted by Crippen LogP contribution is -2.49. The molecule has 8 rings (SSSR count). The summed E-state index contributed by atoms with van der Waals surface area (Å²) in [5, 5.41) is 7.32. The van der Waals surface area contributed by atoms with Gasteiger partial charge in [0.15, 0.2) is 0 Å². The van der Waals surface area contributed by atoms with Crippen molar-refractivity contribution in [2.75, 3.05) is 13.2 Å². The number of carbonyl (C=O) groups is 3. The molecule has 0 aliphatic carbocycles. The number of nitrogens with one attached hydrogen (secondary N) is 3. The maximum Gasteiger partial charge on any atom is 0.461 e. The van der Waals surface area contributed by atoms with Gasteiger partial charge in [0.05, 0.1) is 22.2 Å². The van der Waals surface area contributed by atoms with E-state index in [2.05, 4.69) is 25.4 Å². The van der Waals surface area contributed by atoms with Gasteiger partial charge in [0.2, 0.25) is 0 Å². The summed E-state index contributed by atoms with van der Waals surface area (Å²) >= 11 is 0. The Labute approximate surface area is 594 Å². The molecule has 11 nitrogen and oxygen atoms in total. The van der Waals surface area contributed by atoms with Crippen LogP contribution in [0, 0.1) is 34.9 Å². The lowest BCUT2D eigenvalue weighted by Gasteiger charge is -2.37. The van der Waals surface area contributed by atoms with Crippen LogP contribution in [0.1, 0.15) is 111 Å². The van der Waals surface area contributed by atoms with E-state index in [1.165, 1.54) is 24.3 Å². The van der Waals surface area contributed by atoms with E-state index in [0.29, 0.717) is 47.5 Å². The first-order chi connectivity index (χ1) is 47.6. The van der Waals surface area contributed by atoms with Crippen LogP contribution in [0.5, 0.6) is 11.5 Å². The Kier molecular flexibility index (Phi) is 30.5. The average Bonchev–Trinajstić information content (AvgIpc) is 0.754. The zero-order valence-electron chi connectivity index (χ0n) is 54.9. The van der Waals surface area contributed by atoms with Crippen molar-refractivity contribution < 1.29 is 121 Å². The molecule has 0 aromatic heterocycles. The fourth-order valence-electron chi connectivity index (χ4n) is 10.0. The Morgan fingerprint density at radius 2 is 0.817 bits per heavy atom. The predicted molar refractivity (Wildman–Crippen MR) is 346 cm³/mol. The molecular weight excluding hydrogens is 1470 g/mol. The third kappa shape index (κ3) is 23.3. The van der Waals surface area contributed by atoms with Crippen LogP contribution < -0.4 is 31.2 Å². The van der Waals surface area contributed by atoms with Crippen molar-refractivity contribution in [1.29, 1.82) is 0 Å². The van der Waals surface area contributed by atoms with Gasteiger partial charge in [0.25, 0.3) is 11.8 Å². The second-order valence-electron chi connectivity index (χ2n) is 23.2. The average molecular weight is 1540 g/mol. The Morgan fingerprint density at radius 3 is 1.15 bits per heavy atom. The second-order valence-corrected chi connectivity index (χ2v) is 23.2. The number of amides is 3. The van der Waals surface area contributed by atoms with Gasteiger partial charge in [0, 0.05) is 73.5 Å². The number of alkyl carbamates (subject to hydrolysis) is 1. The van der Waals surface area contributed by atoms with Gasteiger partial charge in [-0.3, -0.25) is 9.59 Å². The third-order valence-corrected chi connectivity index (χ3v) is 14.6. The van der Waals surface area contributed by atoms with Gasteiger partial charge in [-0.25, -0.2) is 31.1 Å². The summed E-state index contributed by atoms with van der Waals surface area (Å²) in [5.74, 6) is -12.5. The molecular formula is C71H64Cl2F20N4O7. The van der Waals surface area contributed by atoms with E-state index in [9.17, 15) is 89.0 Å². The minimum absolute atomic E-state index is 0. The molecule has 0 aliphatic heterocycles. The molecule has 0 bridgehead atoms. The first-order valence-electron chi connectivity index (χ1n) is 30.2. The molecule has 33 heteroatoms. The summed E-state index contributed by atoms with van der Waals surface area (Å²) < 4.78 is 296. The zero-order valence-corrected chi connectivity index (χ0v) is 56.5. The van der Waals surface area contributed by atoms with Crippen LogP contribution in [-0.2, 0) is 58.8 Å². The highest BCUT2D eigenvalue weighted by atomic mass is 35.5. The van der Waals surface area contributed by atoms with Crippen molar-refractivity contribution in [3.05, 3.63) is 272 Å². The third-order valence-electron chi connectivity index (χ3n) is 14.6. The molecule has 2 atom stereocenters. The molecule has 8 aromatic rings. The van der Waals surface area contributed by atoms with E-state index in [1.807, 2.05) is 13.8 Å². The number of halogens is 22. The van der Waals surface area contributed by atoms with Gasteiger partial charge in [-0.05, 0) is 153 Å². The van der Waals surface area contributed by atoms with Crippen molar-refractivity contribution in [2.45, 2.75) is 115 Å². The van der Waals surface area contributed by atoms with Crippen molar-refractivity contribution in [1.82, 2.24) is 16.0 Å². The fourth-order valence-corrected chi connectivity index (χ4v) is 10.0. The lowest BCUT2D eigenvalue weighted by atomic mass is 9.77. The Bertz CT molecular complexity index is 4190. The molecule has 0 spiro atoms. The maximum atomic E-state index is 15.3. The Morgan fingerprint density at radius 1 is 0.452 bits per heavy atom. The molecule has 0 saturated heterocycles. The van der Waals surface area contributed by atoms with Crippen LogP contribution in [0.25, 0.3) is 0 Å². The molecule has 0 fully saturated rings. The molecule has 0 unspecified atom stereocenters. The number of hydrogen-bond acceptors (Lipinski definition) is 8. The largest absolute Gasteiger partial charge is 0.461 e. The van der Waals surface area contributed by atoms with E-state index >= 15 is 13.2 Å². The van der Waals surface area contributed by atoms with E-state index in [-0.39, 0.29) is 72.2 Å². The van der Waals surface area contributed by atoms with Gasteiger partial charge in [-0.15, -0.1) is 24.8 Å². The lowest BCUT2D eigenvalue weighted by molar-refractivity contribution is -0.253. The monoisotopic (exact) mass is 1530 g/mol. The maximum absolute atomic E-state index is 15.3. The van der Waals surface area contributed by atoms with Gasteiger partial charge in [-0.1, -0.05) is 72.8 Å². The Balaban J connectivity index is 0.000000409. The van der Waals surface area contributed by atoms with Crippen LogP contribution >= 0.6 is 24.8 Å². The molecule has 0 radical (unpaired) electrons. The second kappa shape index (κ2) is 36.4. The van der Waals surface area contributed by atoms with Crippen LogP contribution in [0.3, 0.4) is 0 Å². The summed E-state index contributed by atoms with van der Waals surface area (Å²) in [6, 6.07) is 28.1. The van der Waals surface area contributed by atoms with Crippen LogP contribution in [-0.4, -0.2) is 61.8 Å². The number of benzene rings is 8. The molecule has 5 N–H and O–H groups in total. The summed E-state index contributed by atoms with van der Waals surface area (Å²) in [5.41, 5.74) is -5.46. The fraction of sp³-hybridized carbons (Fsp3) is 0.282. The van der Waals surface area contributed by atoms with Crippen LogP contribution in [0.15, 0.2) is 170 Å². The van der Waals surface area contributed by atoms with Gasteiger partial charge in [-0.2, -0.15) is 61.5 Å². The van der Waals surface area contributed by atoms with E-state index in [4.69, 9.17) is 15.2 Å². The quantitative estimate of drug-likeness (QED) is 0.0463. The minimum Gasteiger partial charge on any atom is -0.444 e. The molecule has 0 saturated carbocycles. The molecule has 0 heterocycles. The molecule has 104 heavy (non-hydrogen) atoms. The number of hydrogen-bond donors (Lipinski definition) is 4. The summed E-state index contributed by atoms with van der Waals surface area (Å²) in [7, 11) is 0. The standard InChI is InChI=1S/C36H30F10N2O4.C31H22F10N2O2.C4H10O.2ClH/c1-33(2,3)52-32(50)47-19-22-13-23(10-12-28(22)38)34(18-20-7-5-4-6-8-20,24-15-25(37)17-26(16-24)51-36(45,46)31(40)41)48-30(49)21-9-11-29(39)27(14-21)35(42,43)44;32-22-12-21(13-23(14-22)45-31(40,41)28(35)36)29(15-17-4-2-1-3-5-17,20-7-9-25(33)19(10-20)16-42)43-27(44)18-6-8-26(34)24(11-18)30(37,38)39;1-3-5-4-2;;/h4-17,31H,18-19H2,1-3H3,(H,47,50)(H,48,49);1-14,28H,15-16,42H2,(H,43,44);3-4H2,1-2H3;2*1H/t34-;29-;;;/m11.../s1. The topological polar surface area (TPSA) is 150 Å².